The number of carbonyl (C=O) groups excluding carboxylic acids is 3. The molecule has 3 amide bonds. The van der Waals surface area contributed by atoms with Crippen LogP contribution in [-0.4, -0.2) is 29.4 Å². The van der Waals surface area contributed by atoms with Gasteiger partial charge in [0, 0.05) is 22.4 Å². The van der Waals surface area contributed by atoms with Crippen molar-refractivity contribution in [2.24, 2.45) is 0 Å². The zero-order chi connectivity index (χ0) is 23.6. The highest BCUT2D eigenvalue weighted by Crippen LogP contribution is 2.13. The van der Waals surface area contributed by atoms with E-state index in [2.05, 4.69) is 21.5 Å². The summed E-state index contributed by atoms with van der Waals surface area (Å²) in [5, 5.41) is 5.18. The molecule has 0 heterocycles. The summed E-state index contributed by atoms with van der Waals surface area (Å²) in [7, 11) is 0. The molecule has 0 aliphatic carbocycles. The van der Waals surface area contributed by atoms with Gasteiger partial charge < -0.3 is 10.1 Å². The molecule has 3 aromatic rings. The highest BCUT2D eigenvalue weighted by molar-refractivity contribution is 7.80. The molecule has 9 heteroatoms. The Hall–Kier alpha value is -4.24. The number of benzene rings is 3. The van der Waals surface area contributed by atoms with Gasteiger partial charge in [-0.15, -0.1) is 0 Å². The van der Waals surface area contributed by atoms with Gasteiger partial charge in [0.25, 0.3) is 17.7 Å². The first-order valence-corrected chi connectivity index (χ1v) is 10.5. The van der Waals surface area contributed by atoms with Crippen molar-refractivity contribution >= 4 is 40.7 Å². The van der Waals surface area contributed by atoms with E-state index in [9.17, 15) is 14.4 Å². The number of rotatable bonds is 6. The molecule has 4 N–H and O–H groups in total. The maximum atomic E-state index is 12.3. The van der Waals surface area contributed by atoms with Gasteiger partial charge in [0.1, 0.15) is 5.75 Å². The summed E-state index contributed by atoms with van der Waals surface area (Å²) in [5.74, 6) is -0.479. The number of nitrogens with one attached hydrogen (secondary N) is 4. The van der Waals surface area contributed by atoms with Gasteiger partial charge in [-0.3, -0.25) is 30.6 Å². The maximum absolute atomic E-state index is 12.3. The molecule has 0 fully saturated rings. The van der Waals surface area contributed by atoms with Crippen LogP contribution in [0.1, 0.15) is 38.0 Å². The molecule has 8 nitrogen and oxygen atoms in total. The number of hydrazine groups is 1. The van der Waals surface area contributed by atoms with Crippen molar-refractivity contribution in [3.8, 4) is 5.75 Å². The Morgan fingerprint density at radius 1 is 0.727 bits per heavy atom. The van der Waals surface area contributed by atoms with Crippen molar-refractivity contribution in [3.05, 3.63) is 95.6 Å². The molecule has 0 saturated carbocycles. The number of carbonyl (C=O) groups is 3. The summed E-state index contributed by atoms with van der Waals surface area (Å²) in [6, 6.07) is 21.7. The zero-order valence-corrected chi connectivity index (χ0v) is 18.6. The molecule has 0 aromatic heterocycles. The van der Waals surface area contributed by atoms with Gasteiger partial charge in [-0.25, -0.2) is 0 Å². The van der Waals surface area contributed by atoms with Crippen molar-refractivity contribution < 1.29 is 19.1 Å². The van der Waals surface area contributed by atoms with Gasteiger partial charge in [0.2, 0.25) is 0 Å². The molecule has 0 atom stereocenters. The van der Waals surface area contributed by atoms with E-state index in [0.29, 0.717) is 34.7 Å². The minimum atomic E-state index is -0.464. The monoisotopic (exact) mass is 462 g/mol. The quantitative estimate of drug-likeness (QED) is 0.331. The summed E-state index contributed by atoms with van der Waals surface area (Å²) in [5.41, 5.74) is 6.71. The van der Waals surface area contributed by atoms with Gasteiger partial charge in [0.15, 0.2) is 5.11 Å². The molecule has 0 aliphatic rings. The lowest BCUT2D eigenvalue weighted by atomic mass is 10.1. The van der Waals surface area contributed by atoms with Crippen LogP contribution in [0.3, 0.4) is 0 Å². The molecule has 0 saturated heterocycles. The van der Waals surface area contributed by atoms with Crippen molar-refractivity contribution in [2.75, 3.05) is 11.9 Å². The van der Waals surface area contributed by atoms with Crippen LogP contribution in [0.25, 0.3) is 0 Å². The fourth-order valence-corrected chi connectivity index (χ4v) is 2.90. The van der Waals surface area contributed by atoms with Crippen LogP contribution < -0.4 is 26.2 Å². The van der Waals surface area contributed by atoms with Crippen LogP contribution in [0.4, 0.5) is 5.69 Å². The first-order chi connectivity index (χ1) is 16.0. The molecule has 33 heavy (non-hydrogen) atoms. The van der Waals surface area contributed by atoms with Crippen LogP contribution in [0.2, 0.25) is 0 Å². The van der Waals surface area contributed by atoms with Crippen molar-refractivity contribution in [3.63, 3.8) is 0 Å². The van der Waals surface area contributed by atoms with Crippen LogP contribution in [0.5, 0.6) is 5.75 Å². The Kier molecular flexibility index (Phi) is 8.09. The Labute approximate surface area is 196 Å². The number of ether oxygens (including phenoxy) is 1. The molecular weight excluding hydrogens is 440 g/mol. The van der Waals surface area contributed by atoms with E-state index in [0.717, 1.165) is 0 Å². The Morgan fingerprint density at radius 2 is 1.30 bits per heavy atom. The lowest BCUT2D eigenvalue weighted by molar-refractivity contribution is 0.0934. The molecule has 0 radical (unpaired) electrons. The van der Waals surface area contributed by atoms with E-state index in [-0.39, 0.29) is 11.0 Å². The summed E-state index contributed by atoms with van der Waals surface area (Å²) < 4.78 is 5.34. The van der Waals surface area contributed by atoms with Crippen LogP contribution in [-0.2, 0) is 0 Å². The third-order valence-electron chi connectivity index (χ3n) is 4.39. The largest absolute Gasteiger partial charge is 0.494 e. The second-order valence-electron chi connectivity index (χ2n) is 6.72. The van der Waals surface area contributed by atoms with E-state index in [1.54, 1.807) is 72.8 Å². The molecule has 0 bridgehead atoms. The van der Waals surface area contributed by atoms with Crippen molar-refractivity contribution in [1.82, 2.24) is 16.2 Å². The highest BCUT2D eigenvalue weighted by Gasteiger charge is 2.11. The summed E-state index contributed by atoms with van der Waals surface area (Å²) >= 11 is 5.05. The molecular formula is C24H22N4O4S. The average molecular weight is 463 g/mol. The second-order valence-corrected chi connectivity index (χ2v) is 7.13. The van der Waals surface area contributed by atoms with Gasteiger partial charge in [0.05, 0.1) is 6.61 Å². The lowest BCUT2D eigenvalue weighted by Crippen LogP contribution is -2.48. The molecule has 3 aromatic carbocycles. The number of hydrogen-bond donors (Lipinski definition) is 4. The Balaban J connectivity index is 1.47. The first-order valence-electron chi connectivity index (χ1n) is 10.1. The van der Waals surface area contributed by atoms with Gasteiger partial charge in [-0.1, -0.05) is 18.2 Å². The fourth-order valence-electron chi connectivity index (χ4n) is 2.76. The first kappa shape index (κ1) is 23.4. The van der Waals surface area contributed by atoms with E-state index >= 15 is 0 Å². The highest BCUT2D eigenvalue weighted by atomic mass is 32.1. The van der Waals surface area contributed by atoms with E-state index in [4.69, 9.17) is 17.0 Å². The minimum absolute atomic E-state index is 0.0611. The third-order valence-corrected chi connectivity index (χ3v) is 4.59. The predicted octanol–water partition coefficient (Wildman–Crippen LogP) is 3.29. The number of thiocarbonyl (C=S) groups is 1. The molecule has 0 unspecified atom stereocenters. The van der Waals surface area contributed by atoms with Gasteiger partial charge in [-0.05, 0) is 79.8 Å². The van der Waals surface area contributed by atoms with Gasteiger partial charge in [-0.2, -0.15) is 0 Å². The van der Waals surface area contributed by atoms with E-state index in [1.807, 2.05) is 13.0 Å². The Bertz CT molecular complexity index is 1130. The number of anilines is 1. The lowest BCUT2D eigenvalue weighted by Gasteiger charge is -2.11. The SMILES string of the molecule is CCOc1ccc(C(=O)NC(=S)NNC(=O)c2ccc(NC(=O)c3ccccc3)cc2)cc1. The number of amides is 3. The normalized spacial score (nSPS) is 9.97. The smallest absolute Gasteiger partial charge is 0.269 e. The van der Waals surface area contributed by atoms with E-state index < -0.39 is 11.8 Å². The number of hydrogen-bond acceptors (Lipinski definition) is 5. The fraction of sp³-hybridized carbons (Fsp3) is 0.0833. The Morgan fingerprint density at radius 3 is 1.94 bits per heavy atom. The molecule has 0 aliphatic heterocycles. The van der Waals surface area contributed by atoms with Crippen molar-refractivity contribution in [2.45, 2.75) is 6.92 Å². The standard InChI is InChI=1S/C24H22N4O4S/c1-2-32-20-14-10-17(11-15-20)22(30)26-24(33)28-27-23(31)18-8-12-19(13-9-18)25-21(29)16-6-4-3-5-7-16/h3-15H,2H2,1H3,(H,25,29)(H,27,31)(H2,26,28,30,33). The predicted molar refractivity (Wildman–Crippen MR) is 129 cm³/mol. The summed E-state index contributed by atoms with van der Waals surface area (Å²) in [6.07, 6.45) is 0. The minimum Gasteiger partial charge on any atom is -0.494 e. The second kappa shape index (κ2) is 11.4. The topological polar surface area (TPSA) is 109 Å². The maximum Gasteiger partial charge on any atom is 0.269 e. The van der Waals surface area contributed by atoms with Crippen molar-refractivity contribution in [1.29, 1.82) is 0 Å². The zero-order valence-electron chi connectivity index (χ0n) is 17.8. The average Bonchev–Trinajstić information content (AvgIpc) is 2.84. The van der Waals surface area contributed by atoms with Crippen LogP contribution in [0, 0.1) is 0 Å². The molecule has 168 valence electrons. The third kappa shape index (κ3) is 6.88. The molecule has 0 spiro atoms. The summed E-state index contributed by atoms with van der Waals surface area (Å²) in [4.78, 5) is 36.7. The van der Waals surface area contributed by atoms with Crippen LogP contribution in [0.15, 0.2) is 78.9 Å². The molecule has 3 rings (SSSR count). The summed E-state index contributed by atoms with van der Waals surface area (Å²) in [6.45, 7) is 2.40. The van der Waals surface area contributed by atoms with Gasteiger partial charge >= 0.3 is 0 Å². The van der Waals surface area contributed by atoms with Crippen LogP contribution >= 0.6 is 12.2 Å². The van der Waals surface area contributed by atoms with E-state index in [1.165, 1.54) is 0 Å².